The Labute approximate surface area is 119 Å². The van der Waals surface area contributed by atoms with Crippen LogP contribution in [0.15, 0.2) is 42.6 Å². The van der Waals surface area contributed by atoms with Crippen LogP contribution in [0.5, 0.6) is 0 Å². The second-order valence-electron chi connectivity index (χ2n) is 4.74. The molecule has 0 spiro atoms. The summed E-state index contributed by atoms with van der Waals surface area (Å²) in [4.78, 5) is 14.2. The minimum Gasteiger partial charge on any atom is -0.382 e. The summed E-state index contributed by atoms with van der Waals surface area (Å²) in [6.45, 7) is 3.66. The van der Waals surface area contributed by atoms with Crippen molar-refractivity contribution in [1.29, 1.82) is 0 Å². The lowest BCUT2D eigenvalue weighted by atomic mass is 10.2. The molecule has 5 heteroatoms. The summed E-state index contributed by atoms with van der Waals surface area (Å²) >= 11 is 0. The van der Waals surface area contributed by atoms with E-state index in [0.717, 1.165) is 18.5 Å². The van der Waals surface area contributed by atoms with Crippen LogP contribution in [0.4, 0.5) is 5.82 Å². The average molecular weight is 272 g/mol. The Hall–Kier alpha value is -2.30. The molecule has 0 bridgehead atoms. The fraction of sp³-hybridized carbons (Fsp3) is 0.333. The molecule has 0 aliphatic rings. The van der Waals surface area contributed by atoms with E-state index in [4.69, 9.17) is 5.73 Å². The molecule has 1 aromatic carbocycles. The van der Waals surface area contributed by atoms with Gasteiger partial charge in [-0.3, -0.25) is 9.48 Å². The Morgan fingerprint density at radius 1 is 1.30 bits per heavy atom. The predicted molar refractivity (Wildman–Crippen MR) is 78.8 cm³/mol. The highest BCUT2D eigenvalue weighted by Crippen LogP contribution is 2.07. The number of aromatic nitrogens is 2. The average Bonchev–Trinajstić information content (AvgIpc) is 2.85. The highest BCUT2D eigenvalue weighted by atomic mass is 16.2. The molecule has 0 fully saturated rings. The van der Waals surface area contributed by atoms with Crippen molar-refractivity contribution in [3.05, 3.63) is 48.2 Å². The van der Waals surface area contributed by atoms with Gasteiger partial charge < -0.3 is 10.6 Å². The Morgan fingerprint density at radius 2 is 2.05 bits per heavy atom. The molecule has 5 nitrogen and oxygen atoms in total. The number of rotatable bonds is 6. The van der Waals surface area contributed by atoms with Gasteiger partial charge in [0, 0.05) is 19.3 Å². The highest BCUT2D eigenvalue weighted by molar-refractivity contribution is 5.76. The van der Waals surface area contributed by atoms with Crippen molar-refractivity contribution in [2.75, 3.05) is 12.3 Å². The van der Waals surface area contributed by atoms with Crippen molar-refractivity contribution in [2.45, 2.75) is 26.4 Å². The molecule has 0 unspecified atom stereocenters. The van der Waals surface area contributed by atoms with Crippen molar-refractivity contribution in [3.8, 4) is 0 Å². The predicted octanol–water partition coefficient (Wildman–Crippen LogP) is 1.90. The lowest BCUT2D eigenvalue weighted by Gasteiger charge is -2.22. The van der Waals surface area contributed by atoms with Gasteiger partial charge in [0.1, 0.15) is 12.4 Å². The first-order valence-electron chi connectivity index (χ1n) is 6.79. The number of nitrogens with zero attached hydrogens (tertiary/aromatic N) is 3. The molecule has 1 aromatic heterocycles. The minimum absolute atomic E-state index is 0.0544. The van der Waals surface area contributed by atoms with Crippen LogP contribution < -0.4 is 5.73 Å². The molecule has 0 aliphatic heterocycles. The molecular weight excluding hydrogens is 252 g/mol. The number of carbonyl (C=O) groups is 1. The van der Waals surface area contributed by atoms with Crippen LogP contribution in [0.3, 0.4) is 0 Å². The molecule has 0 atom stereocenters. The van der Waals surface area contributed by atoms with E-state index in [1.165, 1.54) is 0 Å². The molecule has 0 aliphatic carbocycles. The van der Waals surface area contributed by atoms with Crippen LogP contribution in [-0.4, -0.2) is 27.1 Å². The Kier molecular flexibility index (Phi) is 4.76. The molecule has 2 N–H and O–H groups in total. The van der Waals surface area contributed by atoms with Crippen LogP contribution in [0, 0.1) is 0 Å². The fourth-order valence-corrected chi connectivity index (χ4v) is 2.07. The number of anilines is 1. The first-order chi connectivity index (χ1) is 9.69. The van der Waals surface area contributed by atoms with Crippen LogP contribution >= 0.6 is 0 Å². The van der Waals surface area contributed by atoms with Gasteiger partial charge in [-0.05, 0) is 18.1 Å². The zero-order valence-electron chi connectivity index (χ0n) is 11.7. The van der Waals surface area contributed by atoms with E-state index >= 15 is 0 Å². The lowest BCUT2D eigenvalue weighted by molar-refractivity contribution is -0.132. The van der Waals surface area contributed by atoms with Crippen molar-refractivity contribution < 1.29 is 4.79 Å². The van der Waals surface area contributed by atoms with E-state index in [-0.39, 0.29) is 12.5 Å². The fourth-order valence-electron chi connectivity index (χ4n) is 2.07. The molecule has 0 saturated carbocycles. The quantitative estimate of drug-likeness (QED) is 0.873. The van der Waals surface area contributed by atoms with Gasteiger partial charge in [-0.2, -0.15) is 5.10 Å². The third kappa shape index (κ3) is 3.85. The van der Waals surface area contributed by atoms with E-state index in [9.17, 15) is 4.79 Å². The van der Waals surface area contributed by atoms with Gasteiger partial charge in [0.2, 0.25) is 5.91 Å². The first-order valence-corrected chi connectivity index (χ1v) is 6.79. The normalized spacial score (nSPS) is 10.4. The van der Waals surface area contributed by atoms with Crippen LogP contribution in [0.1, 0.15) is 18.9 Å². The standard InChI is InChI=1S/C15H20N4O/c1-2-9-18(11-13-6-4-3-5-7-13)15(20)12-19-10-8-14(16)17-19/h3-8,10H,2,9,11-12H2,1H3,(H2,16,17). The van der Waals surface area contributed by atoms with Crippen LogP contribution in [0.2, 0.25) is 0 Å². The summed E-state index contributed by atoms with van der Waals surface area (Å²) in [6.07, 6.45) is 2.65. The number of benzene rings is 1. The van der Waals surface area contributed by atoms with Crippen LogP contribution in [0.25, 0.3) is 0 Å². The maximum atomic E-state index is 12.3. The van der Waals surface area contributed by atoms with Gasteiger partial charge in [-0.1, -0.05) is 37.3 Å². The maximum absolute atomic E-state index is 12.3. The van der Waals surface area contributed by atoms with E-state index in [1.807, 2.05) is 35.2 Å². The third-order valence-electron chi connectivity index (χ3n) is 3.02. The van der Waals surface area contributed by atoms with Gasteiger partial charge in [0.05, 0.1) is 0 Å². The minimum atomic E-state index is 0.0544. The molecular formula is C15H20N4O. The van der Waals surface area contributed by atoms with Crippen molar-refractivity contribution >= 4 is 11.7 Å². The SMILES string of the molecule is CCCN(Cc1ccccc1)C(=O)Cn1ccc(N)n1. The zero-order valence-corrected chi connectivity index (χ0v) is 11.7. The summed E-state index contributed by atoms with van der Waals surface area (Å²) in [7, 11) is 0. The van der Waals surface area contributed by atoms with Gasteiger partial charge >= 0.3 is 0 Å². The second kappa shape index (κ2) is 6.75. The molecule has 106 valence electrons. The van der Waals surface area contributed by atoms with E-state index in [2.05, 4.69) is 12.0 Å². The van der Waals surface area contributed by atoms with Gasteiger partial charge in [-0.15, -0.1) is 0 Å². The number of nitrogen functional groups attached to an aromatic ring is 1. The second-order valence-corrected chi connectivity index (χ2v) is 4.74. The summed E-state index contributed by atoms with van der Waals surface area (Å²) in [5.41, 5.74) is 6.69. The third-order valence-corrected chi connectivity index (χ3v) is 3.02. The van der Waals surface area contributed by atoms with Gasteiger partial charge in [0.15, 0.2) is 0 Å². The largest absolute Gasteiger partial charge is 0.382 e. The van der Waals surface area contributed by atoms with Crippen molar-refractivity contribution in [3.63, 3.8) is 0 Å². The lowest BCUT2D eigenvalue weighted by Crippen LogP contribution is -2.34. The van der Waals surface area contributed by atoms with Crippen molar-refractivity contribution in [2.24, 2.45) is 0 Å². The summed E-state index contributed by atoms with van der Waals surface area (Å²) < 4.78 is 1.57. The smallest absolute Gasteiger partial charge is 0.244 e. The van der Waals surface area contributed by atoms with Crippen molar-refractivity contribution in [1.82, 2.24) is 14.7 Å². The Balaban J connectivity index is 2.02. The summed E-state index contributed by atoms with van der Waals surface area (Å²) in [5.74, 6) is 0.488. The number of hydrogen-bond donors (Lipinski definition) is 1. The van der Waals surface area contributed by atoms with Gasteiger partial charge in [-0.25, -0.2) is 0 Å². The zero-order chi connectivity index (χ0) is 14.4. The Morgan fingerprint density at radius 3 is 2.65 bits per heavy atom. The molecule has 0 radical (unpaired) electrons. The summed E-state index contributed by atoms with van der Waals surface area (Å²) in [5, 5.41) is 4.05. The Bertz CT molecular complexity index is 550. The number of carbonyl (C=O) groups excluding carboxylic acids is 1. The molecule has 20 heavy (non-hydrogen) atoms. The van der Waals surface area contributed by atoms with E-state index in [1.54, 1.807) is 16.9 Å². The molecule has 2 rings (SSSR count). The molecule has 2 aromatic rings. The summed E-state index contributed by atoms with van der Waals surface area (Å²) in [6, 6.07) is 11.7. The topological polar surface area (TPSA) is 64.2 Å². The number of hydrogen-bond acceptors (Lipinski definition) is 3. The molecule has 1 heterocycles. The van der Waals surface area contributed by atoms with Gasteiger partial charge in [0.25, 0.3) is 0 Å². The number of nitrogens with two attached hydrogens (primary N) is 1. The van der Waals surface area contributed by atoms with E-state index in [0.29, 0.717) is 12.4 Å². The molecule has 1 amide bonds. The van der Waals surface area contributed by atoms with E-state index < -0.39 is 0 Å². The molecule has 0 saturated heterocycles. The first kappa shape index (κ1) is 14.1. The van der Waals surface area contributed by atoms with Crippen LogP contribution in [-0.2, 0) is 17.9 Å². The maximum Gasteiger partial charge on any atom is 0.244 e. The highest BCUT2D eigenvalue weighted by Gasteiger charge is 2.14. The number of amides is 1. The monoisotopic (exact) mass is 272 g/mol.